The third-order valence-electron chi connectivity index (χ3n) is 5.65. The summed E-state index contributed by atoms with van der Waals surface area (Å²) >= 11 is 18.5. The average molecular weight is 478 g/mol. The summed E-state index contributed by atoms with van der Waals surface area (Å²) in [5, 5.41) is 22.4. The number of carboxylic acids is 2. The summed E-state index contributed by atoms with van der Waals surface area (Å²) in [6, 6.07) is 1.76. The van der Waals surface area contributed by atoms with Crippen LogP contribution in [0.15, 0.2) is 12.1 Å². The maximum absolute atomic E-state index is 13.2. The summed E-state index contributed by atoms with van der Waals surface area (Å²) in [4.78, 5) is 51.1. The number of carboxylic acid groups (broad SMARTS) is 2. The number of likely N-dealkylation sites (tertiary alicyclic amines) is 1. The molecule has 30 heavy (non-hydrogen) atoms. The fraction of sp³-hybridized carbons (Fsp3) is 0.474. The fourth-order valence-electron chi connectivity index (χ4n) is 4.34. The highest BCUT2D eigenvalue weighted by molar-refractivity contribution is 6.43. The van der Waals surface area contributed by atoms with Gasteiger partial charge < -0.3 is 10.2 Å². The first-order valence-corrected chi connectivity index (χ1v) is 10.4. The molecule has 8 nitrogen and oxygen atoms in total. The molecule has 4 unspecified atom stereocenters. The van der Waals surface area contributed by atoms with E-state index in [2.05, 4.69) is 5.32 Å². The molecule has 0 saturated carbocycles. The first-order valence-electron chi connectivity index (χ1n) is 9.27. The lowest BCUT2D eigenvalue weighted by atomic mass is 9.77. The van der Waals surface area contributed by atoms with Gasteiger partial charge in [-0.25, -0.2) is 0 Å². The predicted octanol–water partition coefficient (Wildman–Crippen LogP) is 2.99. The molecule has 2 fully saturated rings. The Labute approximate surface area is 187 Å². The summed E-state index contributed by atoms with van der Waals surface area (Å²) in [6.45, 7) is 2.01. The Hall–Kier alpha value is -1.87. The average Bonchev–Trinajstić information content (AvgIpc) is 3.11. The van der Waals surface area contributed by atoms with E-state index in [-0.39, 0.29) is 27.2 Å². The molecule has 162 valence electrons. The lowest BCUT2D eigenvalue weighted by Gasteiger charge is -2.30. The van der Waals surface area contributed by atoms with E-state index in [1.54, 1.807) is 0 Å². The topological polar surface area (TPSA) is 124 Å². The van der Waals surface area contributed by atoms with Crippen molar-refractivity contribution in [1.82, 2.24) is 10.2 Å². The highest BCUT2D eigenvalue weighted by Gasteiger charge is 2.69. The summed E-state index contributed by atoms with van der Waals surface area (Å²) in [7, 11) is 0. The number of rotatable bonds is 7. The molecule has 11 heteroatoms. The Kier molecular flexibility index (Phi) is 6.34. The van der Waals surface area contributed by atoms with Crippen molar-refractivity contribution in [3.05, 3.63) is 32.8 Å². The Morgan fingerprint density at radius 3 is 2.40 bits per heavy atom. The fourth-order valence-corrected chi connectivity index (χ4v) is 5.08. The number of imide groups is 1. The SMILES string of the molecule is CCCCN1C(=O)C2C(c3cc(Cl)cc(Cl)c3Cl)NC(CC(=O)O)(C(=O)O)C2C1=O. The number of hydrogen-bond acceptors (Lipinski definition) is 5. The molecule has 0 bridgehead atoms. The molecule has 4 atom stereocenters. The lowest BCUT2D eigenvalue weighted by Crippen LogP contribution is -2.57. The van der Waals surface area contributed by atoms with E-state index in [0.717, 1.165) is 4.90 Å². The van der Waals surface area contributed by atoms with Crippen LogP contribution in [0.4, 0.5) is 0 Å². The van der Waals surface area contributed by atoms with Crippen molar-refractivity contribution in [3.8, 4) is 0 Å². The molecule has 0 radical (unpaired) electrons. The molecule has 2 aliphatic rings. The molecule has 0 spiro atoms. The van der Waals surface area contributed by atoms with Crippen LogP contribution < -0.4 is 5.32 Å². The third kappa shape index (κ3) is 3.56. The second-order valence-electron chi connectivity index (χ2n) is 7.44. The van der Waals surface area contributed by atoms with Crippen LogP contribution in [0.5, 0.6) is 0 Å². The van der Waals surface area contributed by atoms with Crippen molar-refractivity contribution in [2.45, 2.75) is 37.8 Å². The smallest absolute Gasteiger partial charge is 0.325 e. The largest absolute Gasteiger partial charge is 0.481 e. The highest BCUT2D eigenvalue weighted by Crippen LogP contribution is 2.52. The number of carbonyl (C=O) groups excluding carboxylic acids is 2. The molecule has 0 aliphatic carbocycles. The summed E-state index contributed by atoms with van der Waals surface area (Å²) in [5.74, 6) is -6.80. The van der Waals surface area contributed by atoms with Crippen LogP contribution in [0, 0.1) is 11.8 Å². The van der Waals surface area contributed by atoms with Gasteiger partial charge in [-0.1, -0.05) is 48.1 Å². The van der Waals surface area contributed by atoms with Gasteiger partial charge in [0, 0.05) is 17.6 Å². The molecular formula is C19H19Cl3N2O6. The van der Waals surface area contributed by atoms with Crippen molar-refractivity contribution >= 4 is 58.6 Å². The van der Waals surface area contributed by atoms with Crippen molar-refractivity contribution in [2.24, 2.45) is 11.8 Å². The van der Waals surface area contributed by atoms with Crippen molar-refractivity contribution in [2.75, 3.05) is 6.54 Å². The zero-order valence-corrected chi connectivity index (χ0v) is 18.1. The number of amides is 2. The third-order valence-corrected chi connectivity index (χ3v) is 6.68. The van der Waals surface area contributed by atoms with Gasteiger partial charge in [0.25, 0.3) is 0 Å². The molecule has 1 aromatic carbocycles. The number of fused-ring (bicyclic) bond motifs is 1. The van der Waals surface area contributed by atoms with Gasteiger partial charge in [-0.05, 0) is 24.1 Å². The number of carbonyl (C=O) groups is 4. The van der Waals surface area contributed by atoms with Crippen LogP contribution >= 0.6 is 34.8 Å². The summed E-state index contributed by atoms with van der Waals surface area (Å²) in [6.07, 6.45) is 0.354. The molecule has 3 rings (SSSR count). The number of nitrogens with zero attached hydrogens (tertiary/aromatic N) is 1. The van der Waals surface area contributed by atoms with E-state index in [9.17, 15) is 29.4 Å². The van der Waals surface area contributed by atoms with Gasteiger partial charge in [0.1, 0.15) is 5.54 Å². The summed E-state index contributed by atoms with van der Waals surface area (Å²) < 4.78 is 0. The quantitative estimate of drug-likeness (QED) is 0.407. The van der Waals surface area contributed by atoms with Gasteiger partial charge in [0.15, 0.2) is 0 Å². The maximum atomic E-state index is 13.2. The van der Waals surface area contributed by atoms with Crippen molar-refractivity contribution in [3.63, 3.8) is 0 Å². The Morgan fingerprint density at radius 2 is 1.83 bits per heavy atom. The van der Waals surface area contributed by atoms with E-state index < -0.39 is 53.6 Å². The van der Waals surface area contributed by atoms with Crippen molar-refractivity contribution in [1.29, 1.82) is 0 Å². The monoisotopic (exact) mass is 476 g/mol. The maximum Gasteiger partial charge on any atom is 0.325 e. The minimum atomic E-state index is -2.19. The van der Waals surface area contributed by atoms with Crippen LogP contribution in [-0.4, -0.2) is 50.9 Å². The normalized spacial score (nSPS) is 28.1. The van der Waals surface area contributed by atoms with Gasteiger partial charge >= 0.3 is 11.9 Å². The molecule has 2 saturated heterocycles. The van der Waals surface area contributed by atoms with Crippen LogP contribution in [0.3, 0.4) is 0 Å². The zero-order valence-electron chi connectivity index (χ0n) is 15.8. The van der Waals surface area contributed by atoms with Gasteiger partial charge in [0.2, 0.25) is 11.8 Å². The van der Waals surface area contributed by atoms with Crippen LogP contribution in [0.2, 0.25) is 15.1 Å². The van der Waals surface area contributed by atoms with Gasteiger partial charge in [-0.15, -0.1) is 0 Å². The second kappa shape index (κ2) is 8.34. The number of benzene rings is 1. The van der Waals surface area contributed by atoms with Gasteiger partial charge in [-0.3, -0.25) is 29.4 Å². The van der Waals surface area contributed by atoms with E-state index in [0.29, 0.717) is 12.8 Å². The lowest BCUT2D eigenvalue weighted by molar-refractivity contribution is -0.156. The first-order chi connectivity index (χ1) is 14.0. The Morgan fingerprint density at radius 1 is 1.17 bits per heavy atom. The minimum Gasteiger partial charge on any atom is -0.481 e. The second-order valence-corrected chi connectivity index (χ2v) is 8.67. The number of nitrogens with one attached hydrogen (secondary N) is 1. The molecule has 0 aromatic heterocycles. The molecular weight excluding hydrogens is 459 g/mol. The number of unbranched alkanes of at least 4 members (excludes halogenated alkanes) is 1. The molecule has 2 heterocycles. The van der Waals surface area contributed by atoms with Gasteiger partial charge in [-0.2, -0.15) is 0 Å². The van der Waals surface area contributed by atoms with E-state index in [1.807, 2.05) is 6.92 Å². The summed E-state index contributed by atoms with van der Waals surface area (Å²) in [5.41, 5.74) is -1.95. The minimum absolute atomic E-state index is 0.0427. The first kappa shape index (κ1) is 22.8. The zero-order chi connectivity index (χ0) is 22.4. The molecule has 3 N–H and O–H groups in total. The van der Waals surface area contributed by atoms with Crippen molar-refractivity contribution < 1.29 is 29.4 Å². The number of halogens is 3. The standard InChI is InChI=1S/C19H19Cl3N2O6/c1-2-3-4-24-16(27)12-13(17(24)28)19(18(29)30,7-11(25)26)23-15(12)9-5-8(20)6-10(21)14(9)22/h5-6,12-13,15,23H,2-4,7H2,1H3,(H,25,26)(H,29,30). The number of hydrogen-bond donors (Lipinski definition) is 3. The van der Waals surface area contributed by atoms with Crippen LogP contribution in [0.1, 0.15) is 37.8 Å². The van der Waals surface area contributed by atoms with E-state index >= 15 is 0 Å². The van der Waals surface area contributed by atoms with Gasteiger partial charge in [0.05, 0.1) is 28.3 Å². The predicted molar refractivity (Wildman–Crippen MR) is 109 cm³/mol. The Balaban J connectivity index is 2.19. The van der Waals surface area contributed by atoms with Crippen LogP contribution in [0.25, 0.3) is 0 Å². The van der Waals surface area contributed by atoms with E-state index in [4.69, 9.17) is 34.8 Å². The number of aliphatic carboxylic acids is 2. The highest BCUT2D eigenvalue weighted by atomic mass is 35.5. The molecule has 1 aromatic rings. The van der Waals surface area contributed by atoms with Crippen LogP contribution in [-0.2, 0) is 19.2 Å². The molecule has 2 aliphatic heterocycles. The Bertz CT molecular complexity index is 939. The van der Waals surface area contributed by atoms with E-state index in [1.165, 1.54) is 12.1 Å². The molecule has 2 amide bonds.